The van der Waals surface area contributed by atoms with E-state index in [0.29, 0.717) is 28.1 Å². The summed E-state index contributed by atoms with van der Waals surface area (Å²) in [5.41, 5.74) is 1.46. The third kappa shape index (κ3) is 2.28. The molecule has 0 aliphatic carbocycles. The molecule has 0 heterocycles. The van der Waals surface area contributed by atoms with Crippen molar-refractivity contribution < 1.29 is 9.53 Å². The molecule has 0 N–H and O–H groups in total. The molecule has 0 fully saturated rings. The molecule has 0 amide bonds. The summed E-state index contributed by atoms with van der Waals surface area (Å²) < 4.78 is 4.63. The van der Waals surface area contributed by atoms with Gasteiger partial charge in [0, 0.05) is 5.02 Å². The van der Waals surface area contributed by atoms with Crippen molar-refractivity contribution in [1.82, 2.24) is 0 Å². The van der Waals surface area contributed by atoms with Crippen molar-refractivity contribution in [2.24, 2.45) is 0 Å². The molecule has 0 saturated carbocycles. The number of hydrogen-bond acceptors (Lipinski definition) is 3. The minimum absolute atomic E-state index is 0.365. The normalized spacial score (nSPS) is 9.47. The number of carbonyl (C=O) groups is 1. The molecule has 0 radical (unpaired) electrons. The van der Waals surface area contributed by atoms with Gasteiger partial charge >= 0.3 is 5.97 Å². The minimum Gasteiger partial charge on any atom is -0.465 e. The highest BCUT2D eigenvalue weighted by Crippen LogP contribution is 2.22. The van der Waals surface area contributed by atoms with Gasteiger partial charge in [-0.25, -0.2) is 4.79 Å². The van der Waals surface area contributed by atoms with Gasteiger partial charge in [0.2, 0.25) is 0 Å². The number of methoxy groups -OCH3 is 1. The molecule has 0 aliphatic heterocycles. The Balaban J connectivity index is 3.43. The first kappa shape index (κ1) is 11.5. The van der Waals surface area contributed by atoms with Crippen LogP contribution in [0.1, 0.15) is 28.4 Å². The quantitative estimate of drug-likeness (QED) is 0.724. The maximum atomic E-state index is 11.4. The van der Waals surface area contributed by atoms with Gasteiger partial charge in [-0.1, -0.05) is 18.5 Å². The Morgan fingerprint density at radius 2 is 2.27 bits per heavy atom. The Morgan fingerprint density at radius 3 is 2.73 bits per heavy atom. The second kappa shape index (κ2) is 4.81. The van der Waals surface area contributed by atoms with Crippen molar-refractivity contribution in [3.8, 4) is 6.07 Å². The van der Waals surface area contributed by atoms with Crippen LogP contribution in [0, 0.1) is 11.3 Å². The summed E-state index contributed by atoms with van der Waals surface area (Å²) in [7, 11) is 1.30. The van der Waals surface area contributed by atoms with Crippen LogP contribution in [0.4, 0.5) is 0 Å². The van der Waals surface area contributed by atoms with E-state index in [4.69, 9.17) is 16.9 Å². The lowest BCUT2D eigenvalue weighted by Gasteiger charge is -2.08. The van der Waals surface area contributed by atoms with Crippen LogP contribution in [0.2, 0.25) is 5.02 Å². The van der Waals surface area contributed by atoms with Crippen LogP contribution in [0.25, 0.3) is 0 Å². The summed E-state index contributed by atoms with van der Waals surface area (Å²) in [4.78, 5) is 11.4. The molecule has 15 heavy (non-hydrogen) atoms. The summed E-state index contributed by atoms with van der Waals surface area (Å²) >= 11 is 5.80. The summed E-state index contributed by atoms with van der Waals surface area (Å²) in [5, 5.41) is 9.26. The smallest absolute Gasteiger partial charge is 0.338 e. The zero-order chi connectivity index (χ0) is 11.4. The molecule has 0 aliphatic rings. The zero-order valence-electron chi connectivity index (χ0n) is 8.50. The first-order chi connectivity index (χ1) is 7.13. The number of hydrogen-bond donors (Lipinski definition) is 0. The summed E-state index contributed by atoms with van der Waals surface area (Å²) in [6.45, 7) is 1.87. The predicted molar refractivity (Wildman–Crippen MR) is 56.9 cm³/mol. The average molecular weight is 224 g/mol. The molecule has 0 spiro atoms. The molecule has 1 rings (SSSR count). The molecule has 0 unspecified atom stereocenters. The number of esters is 1. The van der Waals surface area contributed by atoms with Gasteiger partial charge in [-0.2, -0.15) is 5.26 Å². The van der Waals surface area contributed by atoms with Gasteiger partial charge in [-0.15, -0.1) is 0 Å². The number of halogens is 1. The zero-order valence-corrected chi connectivity index (χ0v) is 9.26. The van der Waals surface area contributed by atoms with Gasteiger partial charge < -0.3 is 4.74 Å². The Labute approximate surface area is 93.2 Å². The van der Waals surface area contributed by atoms with Crippen LogP contribution in [0.3, 0.4) is 0 Å². The molecule has 0 atom stereocenters. The number of carbonyl (C=O) groups excluding carboxylic acids is 1. The third-order valence-corrected chi connectivity index (χ3v) is 2.31. The van der Waals surface area contributed by atoms with E-state index in [9.17, 15) is 4.79 Å². The van der Waals surface area contributed by atoms with Crippen molar-refractivity contribution in [1.29, 1.82) is 5.26 Å². The van der Waals surface area contributed by atoms with Crippen molar-refractivity contribution in [3.05, 3.63) is 33.8 Å². The molecule has 1 aromatic carbocycles. The minimum atomic E-state index is -0.467. The van der Waals surface area contributed by atoms with E-state index in [1.54, 1.807) is 6.07 Å². The first-order valence-electron chi connectivity index (χ1n) is 4.44. The Kier molecular flexibility index (Phi) is 3.70. The topological polar surface area (TPSA) is 50.1 Å². The maximum absolute atomic E-state index is 11.4. The van der Waals surface area contributed by atoms with E-state index in [1.165, 1.54) is 13.2 Å². The molecule has 0 saturated heterocycles. The van der Waals surface area contributed by atoms with Crippen LogP contribution in [0.5, 0.6) is 0 Å². The number of ether oxygens (including phenoxy) is 1. The molecule has 3 nitrogen and oxygen atoms in total. The third-order valence-electron chi connectivity index (χ3n) is 2.09. The van der Waals surface area contributed by atoms with Gasteiger partial charge in [0.1, 0.15) is 0 Å². The SMILES string of the molecule is CCc1c(C#N)cc(Cl)cc1C(=O)OC. The van der Waals surface area contributed by atoms with Crippen LogP contribution in [-0.4, -0.2) is 13.1 Å². The van der Waals surface area contributed by atoms with Crippen molar-refractivity contribution in [2.75, 3.05) is 7.11 Å². The lowest BCUT2D eigenvalue weighted by Crippen LogP contribution is -2.07. The highest BCUT2D eigenvalue weighted by atomic mass is 35.5. The van der Waals surface area contributed by atoms with Crippen LogP contribution in [0.15, 0.2) is 12.1 Å². The van der Waals surface area contributed by atoms with Gasteiger partial charge in [-0.05, 0) is 24.1 Å². The van der Waals surface area contributed by atoms with Crippen molar-refractivity contribution in [3.63, 3.8) is 0 Å². The molecule has 1 aromatic rings. The average Bonchev–Trinajstić information content (AvgIpc) is 2.26. The summed E-state index contributed by atoms with van der Waals surface area (Å²) in [6, 6.07) is 5.08. The Hall–Kier alpha value is -1.53. The fourth-order valence-corrected chi connectivity index (χ4v) is 1.63. The summed E-state index contributed by atoms with van der Waals surface area (Å²) in [6.07, 6.45) is 0.588. The number of nitriles is 1. The molecule has 0 bridgehead atoms. The number of rotatable bonds is 2. The largest absolute Gasteiger partial charge is 0.465 e. The predicted octanol–water partition coefficient (Wildman–Crippen LogP) is 2.56. The van der Waals surface area contributed by atoms with Crippen molar-refractivity contribution in [2.45, 2.75) is 13.3 Å². The second-order valence-corrected chi connectivity index (χ2v) is 3.37. The Morgan fingerprint density at radius 1 is 1.60 bits per heavy atom. The van der Waals surface area contributed by atoms with Crippen molar-refractivity contribution >= 4 is 17.6 Å². The lowest BCUT2D eigenvalue weighted by atomic mass is 9.99. The van der Waals surface area contributed by atoms with Crippen LogP contribution in [-0.2, 0) is 11.2 Å². The fourth-order valence-electron chi connectivity index (χ4n) is 1.41. The van der Waals surface area contributed by atoms with E-state index in [0.717, 1.165) is 0 Å². The highest BCUT2D eigenvalue weighted by molar-refractivity contribution is 6.31. The van der Waals surface area contributed by atoms with E-state index in [1.807, 2.05) is 13.0 Å². The summed E-state index contributed by atoms with van der Waals surface area (Å²) in [5.74, 6) is -0.467. The maximum Gasteiger partial charge on any atom is 0.338 e. The van der Waals surface area contributed by atoms with Gasteiger partial charge in [0.15, 0.2) is 0 Å². The van der Waals surface area contributed by atoms with E-state index < -0.39 is 5.97 Å². The van der Waals surface area contributed by atoms with E-state index in [-0.39, 0.29) is 0 Å². The molecular formula is C11H10ClNO2. The standard InChI is InChI=1S/C11H10ClNO2/c1-3-9-7(6-13)4-8(12)5-10(9)11(14)15-2/h4-5H,3H2,1-2H3. The lowest BCUT2D eigenvalue weighted by molar-refractivity contribution is 0.0599. The van der Waals surface area contributed by atoms with Gasteiger partial charge in [0.25, 0.3) is 0 Å². The number of benzene rings is 1. The van der Waals surface area contributed by atoms with E-state index in [2.05, 4.69) is 4.74 Å². The molecule has 4 heteroatoms. The highest BCUT2D eigenvalue weighted by Gasteiger charge is 2.15. The fraction of sp³-hybridized carbons (Fsp3) is 0.273. The van der Waals surface area contributed by atoms with Crippen LogP contribution < -0.4 is 0 Å². The van der Waals surface area contributed by atoms with E-state index >= 15 is 0 Å². The van der Waals surface area contributed by atoms with Gasteiger partial charge in [0.05, 0.1) is 24.3 Å². The molecule has 0 aromatic heterocycles. The molecule has 78 valence electrons. The van der Waals surface area contributed by atoms with Gasteiger partial charge in [-0.3, -0.25) is 0 Å². The molecular weight excluding hydrogens is 214 g/mol. The first-order valence-corrected chi connectivity index (χ1v) is 4.82. The Bertz CT molecular complexity index is 435. The monoisotopic (exact) mass is 223 g/mol. The van der Waals surface area contributed by atoms with Crippen LogP contribution >= 0.6 is 11.6 Å². The second-order valence-electron chi connectivity index (χ2n) is 2.94. The number of nitrogens with zero attached hydrogens (tertiary/aromatic N) is 1.